The molecule has 4 rings (SSSR count). The van der Waals surface area contributed by atoms with Crippen molar-refractivity contribution in [1.82, 2.24) is 30.1 Å². The van der Waals surface area contributed by atoms with Crippen molar-refractivity contribution in [2.45, 2.75) is 63.1 Å². The van der Waals surface area contributed by atoms with Crippen LogP contribution in [-0.4, -0.2) is 49.3 Å². The summed E-state index contributed by atoms with van der Waals surface area (Å²) in [6, 6.07) is 0.750. The van der Waals surface area contributed by atoms with E-state index >= 15 is 0 Å². The van der Waals surface area contributed by atoms with Gasteiger partial charge in [0.15, 0.2) is 0 Å². The number of aromatic nitrogens is 5. The van der Waals surface area contributed by atoms with Gasteiger partial charge in [-0.05, 0) is 25.7 Å². The molecule has 11 heteroatoms. The van der Waals surface area contributed by atoms with Crippen LogP contribution in [0.4, 0.5) is 13.2 Å². The van der Waals surface area contributed by atoms with E-state index in [9.17, 15) is 13.2 Å². The van der Waals surface area contributed by atoms with Crippen LogP contribution in [0.2, 0.25) is 0 Å². The zero-order valence-corrected chi connectivity index (χ0v) is 14.2. The number of nitrogens with zero attached hydrogens (tertiary/aromatic N) is 6. The van der Waals surface area contributed by atoms with Crippen molar-refractivity contribution in [3.05, 3.63) is 23.7 Å². The van der Waals surface area contributed by atoms with Gasteiger partial charge < -0.3 is 9.15 Å². The van der Waals surface area contributed by atoms with Gasteiger partial charge in [-0.1, -0.05) is 5.21 Å². The molecule has 2 unspecified atom stereocenters. The van der Waals surface area contributed by atoms with Gasteiger partial charge in [0.05, 0.1) is 25.4 Å². The number of rotatable bonds is 5. The molecule has 2 atom stereocenters. The third kappa shape index (κ3) is 3.32. The number of hydrogen-bond acceptors (Lipinski definition) is 7. The van der Waals surface area contributed by atoms with Gasteiger partial charge in [0.2, 0.25) is 5.89 Å². The van der Waals surface area contributed by atoms with Gasteiger partial charge in [-0.15, -0.1) is 15.3 Å². The molecule has 26 heavy (non-hydrogen) atoms. The van der Waals surface area contributed by atoms with E-state index in [1.807, 2.05) is 10.9 Å². The lowest BCUT2D eigenvalue weighted by atomic mass is 9.97. The van der Waals surface area contributed by atoms with Crippen molar-refractivity contribution >= 4 is 0 Å². The number of methoxy groups -OCH3 is 1. The maximum Gasteiger partial charge on any atom is 0.470 e. The predicted molar refractivity (Wildman–Crippen MR) is 80.7 cm³/mol. The highest BCUT2D eigenvalue weighted by atomic mass is 19.4. The number of alkyl halides is 3. The third-order valence-corrected chi connectivity index (χ3v) is 5.11. The van der Waals surface area contributed by atoms with Gasteiger partial charge in [0.25, 0.3) is 0 Å². The van der Waals surface area contributed by atoms with E-state index in [0.717, 1.165) is 31.4 Å². The molecule has 4 heterocycles. The van der Waals surface area contributed by atoms with Crippen molar-refractivity contribution in [3.8, 4) is 0 Å². The Morgan fingerprint density at radius 3 is 2.50 bits per heavy atom. The summed E-state index contributed by atoms with van der Waals surface area (Å²) >= 11 is 0. The van der Waals surface area contributed by atoms with Crippen molar-refractivity contribution < 1.29 is 22.3 Å². The number of ether oxygens (including phenoxy) is 1. The second kappa shape index (κ2) is 6.62. The third-order valence-electron chi connectivity index (χ3n) is 5.11. The van der Waals surface area contributed by atoms with Crippen molar-refractivity contribution in [1.29, 1.82) is 0 Å². The fourth-order valence-corrected chi connectivity index (χ4v) is 4.01. The molecule has 2 aliphatic rings. The summed E-state index contributed by atoms with van der Waals surface area (Å²) in [6.07, 6.45) is 1.03. The minimum Gasteiger partial charge on any atom is -0.416 e. The van der Waals surface area contributed by atoms with Crippen molar-refractivity contribution in [3.63, 3.8) is 0 Å². The van der Waals surface area contributed by atoms with E-state index in [1.165, 1.54) is 0 Å². The molecule has 0 radical (unpaired) electrons. The zero-order chi connectivity index (χ0) is 18.3. The molecule has 0 saturated carbocycles. The van der Waals surface area contributed by atoms with E-state index < -0.39 is 12.1 Å². The molecule has 2 aromatic heterocycles. The van der Waals surface area contributed by atoms with E-state index in [-0.39, 0.29) is 30.6 Å². The molecule has 8 nitrogen and oxygen atoms in total. The van der Waals surface area contributed by atoms with Crippen LogP contribution in [0.5, 0.6) is 0 Å². The summed E-state index contributed by atoms with van der Waals surface area (Å²) in [5.74, 6) is -1.28. The molecule has 142 valence electrons. The standard InChI is InChI=1S/C15H19F3N6O2/c1-25-8-9-6-24(22-19-9)12-4-10-2-3-11(5-12)23(10)7-13-20-21-14(26-13)15(16,17)18/h6,10-12H,2-5,7-8H2,1H3. The van der Waals surface area contributed by atoms with Crippen LogP contribution in [0.15, 0.2) is 10.6 Å². The Balaban J connectivity index is 1.43. The lowest BCUT2D eigenvalue weighted by Crippen LogP contribution is -2.43. The highest BCUT2D eigenvalue weighted by Gasteiger charge is 2.43. The van der Waals surface area contributed by atoms with E-state index in [1.54, 1.807) is 7.11 Å². The summed E-state index contributed by atoms with van der Waals surface area (Å²) in [6.45, 7) is 0.668. The molecular formula is C15H19F3N6O2. The van der Waals surface area contributed by atoms with Gasteiger partial charge >= 0.3 is 12.1 Å². The van der Waals surface area contributed by atoms with Gasteiger partial charge in [-0.3, -0.25) is 4.90 Å². The molecule has 0 N–H and O–H groups in total. The second-order valence-corrected chi connectivity index (χ2v) is 6.80. The van der Waals surface area contributed by atoms with Crippen LogP contribution >= 0.6 is 0 Å². The van der Waals surface area contributed by atoms with Crippen LogP contribution in [0.1, 0.15) is 49.2 Å². The van der Waals surface area contributed by atoms with E-state index in [0.29, 0.717) is 6.61 Å². The van der Waals surface area contributed by atoms with Gasteiger partial charge in [-0.25, -0.2) is 4.68 Å². The van der Waals surface area contributed by atoms with Gasteiger partial charge in [0, 0.05) is 19.2 Å². The number of fused-ring (bicyclic) bond motifs is 2. The number of halogens is 3. The maximum absolute atomic E-state index is 12.6. The molecule has 0 aromatic carbocycles. The lowest BCUT2D eigenvalue weighted by Gasteiger charge is -2.37. The molecule has 0 amide bonds. The normalized spacial score (nSPS) is 26.5. The monoisotopic (exact) mass is 372 g/mol. The minimum absolute atomic E-state index is 0.0100. The van der Waals surface area contributed by atoms with Crippen LogP contribution in [0.3, 0.4) is 0 Å². The second-order valence-electron chi connectivity index (χ2n) is 6.80. The average Bonchev–Trinajstić information content (AvgIpc) is 3.28. The first-order valence-electron chi connectivity index (χ1n) is 8.49. The summed E-state index contributed by atoms with van der Waals surface area (Å²) < 4.78 is 49.6. The number of hydrogen-bond donors (Lipinski definition) is 0. The highest BCUT2D eigenvalue weighted by molar-refractivity contribution is 5.00. The molecular weight excluding hydrogens is 353 g/mol. The first-order chi connectivity index (χ1) is 12.4. The van der Waals surface area contributed by atoms with Crippen molar-refractivity contribution in [2.75, 3.05) is 7.11 Å². The largest absolute Gasteiger partial charge is 0.470 e. The lowest BCUT2D eigenvalue weighted by molar-refractivity contribution is -0.157. The Kier molecular flexibility index (Phi) is 4.43. The minimum atomic E-state index is -4.61. The van der Waals surface area contributed by atoms with Gasteiger partial charge in [-0.2, -0.15) is 13.2 Å². The maximum atomic E-state index is 12.6. The Hall–Kier alpha value is -2.01. The SMILES string of the molecule is COCc1cn(C2CC3CCC(C2)N3Cc2nnc(C(F)(F)F)o2)nn1. The topological polar surface area (TPSA) is 82.1 Å². The van der Waals surface area contributed by atoms with Crippen LogP contribution < -0.4 is 0 Å². The zero-order valence-electron chi connectivity index (χ0n) is 14.2. The highest BCUT2D eigenvalue weighted by Crippen LogP contribution is 2.41. The molecule has 0 aliphatic carbocycles. The fourth-order valence-electron chi connectivity index (χ4n) is 4.01. The quantitative estimate of drug-likeness (QED) is 0.796. The summed E-state index contributed by atoms with van der Waals surface area (Å²) in [7, 11) is 1.61. The molecule has 2 aromatic rings. The fraction of sp³-hybridized carbons (Fsp3) is 0.733. The molecule has 2 bridgehead atoms. The number of piperidine rings is 1. The summed E-state index contributed by atoms with van der Waals surface area (Å²) in [4.78, 5) is 2.18. The molecule has 2 aliphatic heterocycles. The molecule has 0 spiro atoms. The smallest absolute Gasteiger partial charge is 0.416 e. The Labute approximate surface area is 147 Å². The first-order valence-corrected chi connectivity index (χ1v) is 8.49. The molecule has 2 saturated heterocycles. The summed E-state index contributed by atoms with van der Waals surface area (Å²) in [5.41, 5.74) is 0.785. The van der Waals surface area contributed by atoms with Crippen LogP contribution in [0.25, 0.3) is 0 Å². The Bertz CT molecular complexity index is 747. The average molecular weight is 372 g/mol. The Morgan fingerprint density at radius 2 is 1.88 bits per heavy atom. The predicted octanol–water partition coefficient (Wildman–Crippen LogP) is 2.19. The van der Waals surface area contributed by atoms with Crippen LogP contribution in [-0.2, 0) is 24.1 Å². The first kappa shape index (κ1) is 17.4. The van der Waals surface area contributed by atoms with Gasteiger partial charge in [0.1, 0.15) is 5.69 Å². The Morgan fingerprint density at radius 1 is 1.15 bits per heavy atom. The molecule has 2 fully saturated rings. The van der Waals surface area contributed by atoms with Crippen molar-refractivity contribution in [2.24, 2.45) is 0 Å². The van der Waals surface area contributed by atoms with E-state index in [2.05, 4.69) is 25.4 Å². The van der Waals surface area contributed by atoms with Crippen LogP contribution in [0, 0.1) is 0 Å². The summed E-state index contributed by atoms with van der Waals surface area (Å²) in [5, 5.41) is 15.0. The van der Waals surface area contributed by atoms with E-state index in [4.69, 9.17) is 9.15 Å².